The number of carbonyl (C=O) groups excluding carboxylic acids is 1. The third kappa shape index (κ3) is 5.29. The molecule has 0 fully saturated rings. The molecule has 6 heteroatoms. The molecule has 0 atom stereocenters. The second-order valence-corrected chi connectivity index (χ2v) is 5.42. The van der Waals surface area contributed by atoms with Crippen molar-refractivity contribution >= 4 is 12.0 Å². The summed E-state index contributed by atoms with van der Waals surface area (Å²) in [5.41, 5.74) is 1.50. The van der Waals surface area contributed by atoms with Crippen LogP contribution >= 0.6 is 0 Å². The van der Waals surface area contributed by atoms with E-state index in [1.165, 1.54) is 29.2 Å². The maximum Gasteiger partial charge on any atom is 0.247 e. The molecule has 2 aromatic rings. The van der Waals surface area contributed by atoms with Gasteiger partial charge in [0.25, 0.3) is 0 Å². The molecule has 0 saturated carbocycles. The zero-order valence-corrected chi connectivity index (χ0v) is 13.5. The Labute approximate surface area is 145 Å². The maximum absolute atomic E-state index is 12.3. The second-order valence-electron chi connectivity index (χ2n) is 5.42. The van der Waals surface area contributed by atoms with Crippen LogP contribution < -0.4 is 0 Å². The van der Waals surface area contributed by atoms with Crippen LogP contribution in [0.4, 0.5) is 0 Å². The summed E-state index contributed by atoms with van der Waals surface area (Å²) in [4.78, 5) is 13.7. The molecule has 0 aliphatic carbocycles. The fourth-order valence-electron chi connectivity index (χ4n) is 2.20. The Morgan fingerprint density at radius 2 is 1.80 bits per heavy atom. The van der Waals surface area contributed by atoms with Crippen LogP contribution in [-0.4, -0.2) is 39.2 Å². The van der Waals surface area contributed by atoms with Crippen molar-refractivity contribution in [1.82, 2.24) is 4.90 Å². The number of nitriles is 1. The molecular formula is C19H18N2O4. The van der Waals surface area contributed by atoms with E-state index in [0.29, 0.717) is 18.5 Å². The van der Waals surface area contributed by atoms with Gasteiger partial charge in [0.15, 0.2) is 11.5 Å². The van der Waals surface area contributed by atoms with E-state index in [1.807, 2.05) is 6.07 Å². The first-order chi connectivity index (χ1) is 12.0. The van der Waals surface area contributed by atoms with Crippen molar-refractivity contribution in [3.8, 4) is 23.3 Å². The van der Waals surface area contributed by atoms with E-state index in [9.17, 15) is 20.1 Å². The first-order valence-electron chi connectivity index (χ1n) is 7.63. The summed E-state index contributed by atoms with van der Waals surface area (Å²) < 4.78 is 0. The fraction of sp³-hybridized carbons (Fsp3) is 0.158. The quantitative estimate of drug-likeness (QED) is 0.426. The minimum Gasteiger partial charge on any atom is -0.508 e. The number of hydrogen-bond acceptors (Lipinski definition) is 5. The van der Waals surface area contributed by atoms with E-state index in [1.54, 1.807) is 30.3 Å². The van der Waals surface area contributed by atoms with Crippen LogP contribution in [0.2, 0.25) is 0 Å². The van der Waals surface area contributed by atoms with E-state index in [0.717, 1.165) is 5.56 Å². The number of amides is 1. The second kappa shape index (κ2) is 8.41. The van der Waals surface area contributed by atoms with Crippen LogP contribution in [0, 0.1) is 11.3 Å². The highest BCUT2D eigenvalue weighted by Gasteiger charge is 2.10. The molecule has 0 aliphatic heterocycles. The van der Waals surface area contributed by atoms with Gasteiger partial charge in [-0.1, -0.05) is 18.2 Å². The molecule has 0 bridgehead atoms. The first-order valence-corrected chi connectivity index (χ1v) is 7.63. The van der Waals surface area contributed by atoms with Crippen LogP contribution in [0.3, 0.4) is 0 Å². The predicted octanol–water partition coefficient (Wildman–Crippen LogP) is 2.41. The standard InChI is InChI=1S/C19H18N2O4/c20-10-12-21(11-9-14-1-5-16(22)6-2-14)19(25)8-4-15-3-7-17(23)18(24)13-15/h1-8,13,22-24H,9,11-12H2/b8-4+. The van der Waals surface area contributed by atoms with Crippen LogP contribution in [0.15, 0.2) is 48.5 Å². The average Bonchev–Trinajstić information content (AvgIpc) is 2.60. The largest absolute Gasteiger partial charge is 0.508 e. The Bertz CT molecular complexity index is 807. The normalized spacial score (nSPS) is 10.5. The third-order valence-electron chi connectivity index (χ3n) is 3.60. The number of carbonyl (C=O) groups is 1. The van der Waals surface area contributed by atoms with E-state index < -0.39 is 0 Å². The number of rotatable bonds is 6. The lowest BCUT2D eigenvalue weighted by Crippen LogP contribution is -2.31. The van der Waals surface area contributed by atoms with Gasteiger partial charge in [-0.2, -0.15) is 5.26 Å². The molecule has 0 heterocycles. The van der Waals surface area contributed by atoms with Crippen molar-refractivity contribution in [3.05, 3.63) is 59.7 Å². The zero-order chi connectivity index (χ0) is 18.2. The van der Waals surface area contributed by atoms with Crippen LogP contribution in [0.25, 0.3) is 6.08 Å². The summed E-state index contributed by atoms with van der Waals surface area (Å²) in [7, 11) is 0. The first kappa shape index (κ1) is 17.9. The fourth-order valence-corrected chi connectivity index (χ4v) is 2.20. The van der Waals surface area contributed by atoms with Gasteiger partial charge < -0.3 is 20.2 Å². The molecule has 0 spiro atoms. The third-order valence-corrected chi connectivity index (χ3v) is 3.60. The minimum atomic E-state index is -0.326. The number of phenolic OH excluding ortho intramolecular Hbond substituents is 3. The molecular weight excluding hydrogens is 320 g/mol. The van der Waals surface area contributed by atoms with Gasteiger partial charge in [0.1, 0.15) is 12.3 Å². The molecule has 1 amide bonds. The van der Waals surface area contributed by atoms with Crippen molar-refractivity contribution in [2.75, 3.05) is 13.1 Å². The predicted molar refractivity (Wildman–Crippen MR) is 92.8 cm³/mol. The summed E-state index contributed by atoms with van der Waals surface area (Å²) in [5.74, 6) is -0.652. The molecule has 25 heavy (non-hydrogen) atoms. The van der Waals surface area contributed by atoms with Crippen molar-refractivity contribution < 1.29 is 20.1 Å². The molecule has 6 nitrogen and oxygen atoms in total. The topological polar surface area (TPSA) is 105 Å². The molecule has 2 aromatic carbocycles. The zero-order valence-electron chi connectivity index (χ0n) is 13.5. The molecule has 128 valence electrons. The van der Waals surface area contributed by atoms with E-state index in [4.69, 9.17) is 5.26 Å². The smallest absolute Gasteiger partial charge is 0.247 e. The average molecular weight is 338 g/mol. The Hall–Kier alpha value is -3.46. The molecule has 2 rings (SSSR count). The highest BCUT2D eigenvalue weighted by Crippen LogP contribution is 2.25. The van der Waals surface area contributed by atoms with Crippen molar-refractivity contribution in [2.24, 2.45) is 0 Å². The van der Waals surface area contributed by atoms with Gasteiger partial charge in [-0.25, -0.2) is 0 Å². The Kier molecular flexibility index (Phi) is 6.02. The maximum atomic E-state index is 12.3. The Morgan fingerprint density at radius 3 is 2.44 bits per heavy atom. The van der Waals surface area contributed by atoms with Gasteiger partial charge in [-0.15, -0.1) is 0 Å². The highest BCUT2D eigenvalue weighted by molar-refractivity contribution is 5.92. The molecule has 3 N–H and O–H groups in total. The van der Waals surface area contributed by atoms with Gasteiger partial charge in [0, 0.05) is 12.6 Å². The summed E-state index contributed by atoms with van der Waals surface area (Å²) >= 11 is 0. The van der Waals surface area contributed by atoms with Crippen LogP contribution in [0.5, 0.6) is 17.2 Å². The Morgan fingerprint density at radius 1 is 1.08 bits per heavy atom. The lowest BCUT2D eigenvalue weighted by Gasteiger charge is -2.17. The minimum absolute atomic E-state index is 0.0396. The van der Waals surface area contributed by atoms with E-state index >= 15 is 0 Å². The SMILES string of the molecule is N#CCN(CCc1ccc(O)cc1)C(=O)/C=C/c1ccc(O)c(O)c1. The lowest BCUT2D eigenvalue weighted by atomic mass is 10.1. The van der Waals surface area contributed by atoms with Crippen molar-refractivity contribution in [3.63, 3.8) is 0 Å². The van der Waals surface area contributed by atoms with Crippen molar-refractivity contribution in [2.45, 2.75) is 6.42 Å². The number of nitrogens with zero attached hydrogens (tertiary/aromatic N) is 2. The Balaban J connectivity index is 2.01. The number of benzene rings is 2. The van der Waals surface area contributed by atoms with Gasteiger partial charge in [-0.05, 0) is 47.9 Å². The van der Waals surface area contributed by atoms with Gasteiger partial charge >= 0.3 is 0 Å². The summed E-state index contributed by atoms with van der Waals surface area (Å²) in [6.07, 6.45) is 3.38. The summed E-state index contributed by atoms with van der Waals surface area (Å²) in [6, 6.07) is 12.9. The summed E-state index contributed by atoms with van der Waals surface area (Å²) in [6.45, 7) is 0.324. The molecule has 0 saturated heterocycles. The number of aromatic hydroxyl groups is 3. The van der Waals surface area contributed by atoms with Crippen LogP contribution in [-0.2, 0) is 11.2 Å². The van der Waals surface area contributed by atoms with E-state index in [-0.39, 0.29) is 29.7 Å². The van der Waals surface area contributed by atoms with E-state index in [2.05, 4.69) is 0 Å². The van der Waals surface area contributed by atoms with Gasteiger partial charge in [-0.3, -0.25) is 4.79 Å². The number of hydrogen-bond donors (Lipinski definition) is 3. The molecule has 0 unspecified atom stereocenters. The summed E-state index contributed by atoms with van der Waals surface area (Å²) in [5, 5.41) is 36.9. The van der Waals surface area contributed by atoms with Gasteiger partial charge in [0.05, 0.1) is 6.07 Å². The number of phenols is 3. The lowest BCUT2D eigenvalue weighted by molar-refractivity contribution is -0.125. The van der Waals surface area contributed by atoms with Crippen LogP contribution in [0.1, 0.15) is 11.1 Å². The molecule has 0 aliphatic rings. The monoisotopic (exact) mass is 338 g/mol. The van der Waals surface area contributed by atoms with Gasteiger partial charge in [0.2, 0.25) is 5.91 Å². The molecule has 0 aromatic heterocycles. The van der Waals surface area contributed by atoms with Crippen molar-refractivity contribution in [1.29, 1.82) is 5.26 Å². The highest BCUT2D eigenvalue weighted by atomic mass is 16.3. The molecule has 0 radical (unpaired) electrons.